The minimum absolute atomic E-state index is 0.104. The zero-order valence-corrected chi connectivity index (χ0v) is 15.0. The number of aromatic nitrogens is 1. The molecule has 1 fully saturated rings. The summed E-state index contributed by atoms with van der Waals surface area (Å²) in [5.41, 5.74) is 2.30. The summed E-state index contributed by atoms with van der Waals surface area (Å²) < 4.78 is 0. The summed E-state index contributed by atoms with van der Waals surface area (Å²) in [6, 6.07) is 12.1. The van der Waals surface area contributed by atoms with Gasteiger partial charge in [0, 0.05) is 51.5 Å². The van der Waals surface area contributed by atoms with Crippen molar-refractivity contribution in [3.8, 4) is 0 Å². The molecule has 1 saturated heterocycles. The van der Waals surface area contributed by atoms with E-state index < -0.39 is 5.60 Å². The average Bonchev–Trinajstić information content (AvgIpc) is 2.69. The van der Waals surface area contributed by atoms with E-state index in [-0.39, 0.29) is 5.91 Å². The van der Waals surface area contributed by atoms with Crippen molar-refractivity contribution in [2.75, 3.05) is 26.2 Å². The maximum Gasteiger partial charge on any atom is 0.254 e. The molecule has 0 radical (unpaired) electrons. The monoisotopic (exact) mass is 351 g/mol. The second kappa shape index (κ2) is 7.17. The average molecular weight is 351 g/mol. The number of rotatable bonds is 3. The van der Waals surface area contributed by atoms with Crippen LogP contribution in [0.5, 0.6) is 0 Å². The number of hydrogen-bond acceptors (Lipinski definition) is 4. The van der Waals surface area contributed by atoms with E-state index in [2.05, 4.69) is 22.0 Å². The molecule has 5 heteroatoms. The molecule has 136 valence electrons. The SMILES string of the molecule is O=C(N1CCN(Cc2cccnc2)CC1)C1(O)CCc2ccccc2C1. The molecule has 4 rings (SSSR count). The number of hydrogen-bond donors (Lipinski definition) is 1. The highest BCUT2D eigenvalue weighted by Crippen LogP contribution is 2.30. The van der Waals surface area contributed by atoms with Crippen LogP contribution in [-0.4, -0.2) is 57.6 Å². The number of carbonyl (C=O) groups excluding carboxylic acids is 1. The van der Waals surface area contributed by atoms with Gasteiger partial charge in [-0.15, -0.1) is 0 Å². The van der Waals surface area contributed by atoms with E-state index in [9.17, 15) is 9.90 Å². The molecule has 0 bridgehead atoms. The number of pyridine rings is 1. The normalized spacial score (nSPS) is 23.5. The molecular formula is C21H25N3O2. The van der Waals surface area contributed by atoms with E-state index >= 15 is 0 Å². The quantitative estimate of drug-likeness (QED) is 0.914. The topological polar surface area (TPSA) is 56.7 Å². The molecule has 2 aromatic rings. The van der Waals surface area contributed by atoms with E-state index in [0.717, 1.165) is 31.6 Å². The van der Waals surface area contributed by atoms with Crippen molar-refractivity contribution in [3.63, 3.8) is 0 Å². The predicted molar refractivity (Wildman–Crippen MR) is 99.5 cm³/mol. The van der Waals surface area contributed by atoms with Crippen molar-refractivity contribution < 1.29 is 9.90 Å². The second-order valence-electron chi connectivity index (χ2n) is 7.41. The second-order valence-corrected chi connectivity index (χ2v) is 7.41. The fraction of sp³-hybridized carbons (Fsp3) is 0.429. The molecule has 1 aromatic heterocycles. The van der Waals surface area contributed by atoms with Crippen molar-refractivity contribution in [2.45, 2.75) is 31.4 Å². The Bertz CT molecular complexity index is 772. The summed E-state index contributed by atoms with van der Waals surface area (Å²) in [7, 11) is 0. The first-order valence-electron chi connectivity index (χ1n) is 9.34. The van der Waals surface area contributed by atoms with Gasteiger partial charge in [-0.3, -0.25) is 14.7 Å². The molecule has 0 saturated carbocycles. The molecule has 1 aromatic carbocycles. The van der Waals surface area contributed by atoms with Crippen LogP contribution in [-0.2, 0) is 24.2 Å². The first kappa shape index (κ1) is 17.2. The fourth-order valence-corrected chi connectivity index (χ4v) is 4.05. The smallest absolute Gasteiger partial charge is 0.254 e. The van der Waals surface area contributed by atoms with E-state index in [4.69, 9.17) is 0 Å². The Morgan fingerprint density at radius 1 is 1.08 bits per heavy atom. The Morgan fingerprint density at radius 2 is 1.85 bits per heavy atom. The van der Waals surface area contributed by atoms with Crippen LogP contribution in [0.1, 0.15) is 23.1 Å². The molecule has 0 spiro atoms. The molecule has 1 aliphatic heterocycles. The fourth-order valence-electron chi connectivity index (χ4n) is 4.05. The number of fused-ring (bicyclic) bond motifs is 1. The molecule has 1 amide bonds. The molecule has 5 nitrogen and oxygen atoms in total. The Labute approximate surface area is 154 Å². The zero-order chi connectivity index (χ0) is 18.0. The van der Waals surface area contributed by atoms with Crippen molar-refractivity contribution >= 4 is 5.91 Å². The van der Waals surface area contributed by atoms with Gasteiger partial charge in [-0.2, -0.15) is 0 Å². The summed E-state index contributed by atoms with van der Waals surface area (Å²) in [6.07, 6.45) is 5.37. The van der Waals surface area contributed by atoms with Gasteiger partial charge in [-0.05, 0) is 35.6 Å². The number of aliphatic hydroxyl groups is 1. The standard InChI is InChI=1S/C21H25N3O2/c25-20(21(26)8-7-18-5-1-2-6-19(18)14-21)24-12-10-23(11-13-24)16-17-4-3-9-22-15-17/h1-6,9,15,26H,7-8,10-14,16H2. The lowest BCUT2D eigenvalue weighted by Gasteiger charge is -2.40. The Kier molecular flexibility index (Phi) is 4.74. The largest absolute Gasteiger partial charge is 0.380 e. The molecular weight excluding hydrogens is 326 g/mol. The maximum atomic E-state index is 13.0. The summed E-state index contributed by atoms with van der Waals surface area (Å²) in [6.45, 7) is 3.85. The van der Waals surface area contributed by atoms with Crippen LogP contribution < -0.4 is 0 Å². The van der Waals surface area contributed by atoms with Gasteiger partial charge in [-0.25, -0.2) is 0 Å². The lowest BCUT2D eigenvalue weighted by Crippen LogP contribution is -2.57. The van der Waals surface area contributed by atoms with Crippen molar-refractivity contribution in [3.05, 3.63) is 65.5 Å². The maximum absolute atomic E-state index is 13.0. The van der Waals surface area contributed by atoms with Crippen LogP contribution in [0.2, 0.25) is 0 Å². The highest BCUT2D eigenvalue weighted by Gasteiger charge is 2.42. The minimum Gasteiger partial charge on any atom is -0.380 e. The molecule has 1 atom stereocenters. The number of carbonyl (C=O) groups is 1. The molecule has 1 aliphatic carbocycles. The zero-order valence-electron chi connectivity index (χ0n) is 15.0. The number of nitrogens with zero attached hydrogens (tertiary/aromatic N) is 3. The molecule has 26 heavy (non-hydrogen) atoms. The van der Waals surface area contributed by atoms with E-state index in [1.165, 1.54) is 11.1 Å². The van der Waals surface area contributed by atoms with Crippen LogP contribution >= 0.6 is 0 Å². The summed E-state index contributed by atoms with van der Waals surface area (Å²) in [4.78, 5) is 21.3. The van der Waals surface area contributed by atoms with Crippen LogP contribution in [0.4, 0.5) is 0 Å². The van der Waals surface area contributed by atoms with Crippen LogP contribution in [0.15, 0.2) is 48.8 Å². The third kappa shape index (κ3) is 3.50. The van der Waals surface area contributed by atoms with Gasteiger partial charge in [-0.1, -0.05) is 30.3 Å². The molecule has 1 N–H and O–H groups in total. The molecule has 1 unspecified atom stereocenters. The lowest BCUT2D eigenvalue weighted by molar-refractivity contribution is -0.154. The Morgan fingerprint density at radius 3 is 2.58 bits per heavy atom. The first-order chi connectivity index (χ1) is 12.6. The Balaban J connectivity index is 1.36. The van der Waals surface area contributed by atoms with E-state index in [0.29, 0.717) is 25.9 Å². The van der Waals surface area contributed by atoms with Gasteiger partial charge in [0.15, 0.2) is 0 Å². The van der Waals surface area contributed by atoms with Crippen LogP contribution in [0, 0.1) is 0 Å². The van der Waals surface area contributed by atoms with Crippen LogP contribution in [0.3, 0.4) is 0 Å². The van der Waals surface area contributed by atoms with Gasteiger partial charge in [0.05, 0.1) is 0 Å². The summed E-state index contributed by atoms with van der Waals surface area (Å²) in [5, 5.41) is 11.0. The number of benzene rings is 1. The van der Waals surface area contributed by atoms with Crippen molar-refractivity contribution in [2.24, 2.45) is 0 Å². The lowest BCUT2D eigenvalue weighted by atomic mass is 9.79. The highest BCUT2D eigenvalue weighted by molar-refractivity contribution is 5.86. The first-order valence-corrected chi connectivity index (χ1v) is 9.34. The number of amides is 1. The third-order valence-electron chi connectivity index (χ3n) is 5.60. The Hall–Kier alpha value is -2.24. The van der Waals surface area contributed by atoms with Crippen LogP contribution in [0.25, 0.3) is 0 Å². The molecule has 2 aliphatic rings. The molecule has 2 heterocycles. The van der Waals surface area contributed by atoms with E-state index in [1.54, 1.807) is 6.20 Å². The van der Waals surface area contributed by atoms with Crippen molar-refractivity contribution in [1.29, 1.82) is 0 Å². The van der Waals surface area contributed by atoms with E-state index in [1.807, 2.05) is 35.4 Å². The predicted octanol–water partition coefficient (Wildman–Crippen LogP) is 1.65. The van der Waals surface area contributed by atoms with Gasteiger partial charge in [0.1, 0.15) is 5.60 Å². The third-order valence-corrected chi connectivity index (χ3v) is 5.60. The summed E-state index contributed by atoms with van der Waals surface area (Å²) >= 11 is 0. The highest BCUT2D eigenvalue weighted by atomic mass is 16.3. The number of piperazine rings is 1. The minimum atomic E-state index is -1.25. The van der Waals surface area contributed by atoms with Gasteiger partial charge < -0.3 is 10.0 Å². The van der Waals surface area contributed by atoms with Gasteiger partial charge in [0.25, 0.3) is 5.91 Å². The van der Waals surface area contributed by atoms with Crippen molar-refractivity contribution in [1.82, 2.24) is 14.8 Å². The summed E-state index contributed by atoms with van der Waals surface area (Å²) in [5.74, 6) is -0.104. The number of aryl methyl sites for hydroxylation is 1. The van der Waals surface area contributed by atoms with Gasteiger partial charge >= 0.3 is 0 Å². The van der Waals surface area contributed by atoms with Gasteiger partial charge in [0.2, 0.25) is 0 Å².